The first-order chi connectivity index (χ1) is 13.2. The molecular weight excluding hydrogens is 358 g/mol. The number of aromatic nitrogens is 2. The van der Waals surface area contributed by atoms with E-state index in [9.17, 15) is 4.79 Å². The molecule has 0 radical (unpaired) electrons. The van der Waals surface area contributed by atoms with Crippen molar-refractivity contribution >= 4 is 17.2 Å². The summed E-state index contributed by atoms with van der Waals surface area (Å²) in [4.78, 5) is 14.2. The number of ether oxygens (including phenoxy) is 1. The van der Waals surface area contributed by atoms with E-state index in [1.54, 1.807) is 22.2 Å². The van der Waals surface area contributed by atoms with Crippen molar-refractivity contribution in [1.29, 1.82) is 0 Å². The zero-order valence-corrected chi connectivity index (χ0v) is 16.2. The molecule has 27 heavy (non-hydrogen) atoms. The molecule has 5 nitrogen and oxygen atoms in total. The van der Waals surface area contributed by atoms with Gasteiger partial charge in [0.2, 0.25) is 0 Å². The van der Waals surface area contributed by atoms with Crippen molar-refractivity contribution in [3.05, 3.63) is 70.2 Å². The highest BCUT2D eigenvalue weighted by Crippen LogP contribution is 2.37. The van der Waals surface area contributed by atoms with Crippen LogP contribution in [0.4, 0.5) is 0 Å². The van der Waals surface area contributed by atoms with E-state index in [4.69, 9.17) is 4.74 Å². The van der Waals surface area contributed by atoms with Crippen LogP contribution in [0.1, 0.15) is 33.8 Å². The molecule has 1 N–H and O–H groups in total. The molecule has 1 aliphatic rings. The molecule has 1 aromatic carbocycles. The molecule has 0 bridgehead atoms. The molecule has 0 aliphatic carbocycles. The Bertz CT molecular complexity index is 897. The quantitative estimate of drug-likeness (QED) is 0.733. The molecule has 0 atom stereocenters. The fraction of sp³-hybridized carbons (Fsp3) is 0.333. The maximum Gasteiger partial charge on any atom is 0.254 e. The summed E-state index contributed by atoms with van der Waals surface area (Å²) in [6.45, 7) is 4.02. The van der Waals surface area contributed by atoms with Crippen molar-refractivity contribution in [3.8, 4) is 5.69 Å². The Morgan fingerprint density at radius 2 is 2.00 bits per heavy atom. The minimum atomic E-state index is -0.0721. The predicted octanol–water partition coefficient (Wildman–Crippen LogP) is 3.72. The van der Waals surface area contributed by atoms with Crippen LogP contribution in [0.5, 0.6) is 0 Å². The van der Waals surface area contributed by atoms with E-state index in [1.165, 1.54) is 4.88 Å². The SMILES string of the molecule is Cc1c(C(=O)NCC2(c3cccs3)CCOCC2)cnn1-c1ccccc1. The Hall–Kier alpha value is -2.44. The summed E-state index contributed by atoms with van der Waals surface area (Å²) in [5.74, 6) is -0.0721. The minimum absolute atomic E-state index is 0.0363. The Morgan fingerprint density at radius 1 is 1.22 bits per heavy atom. The molecule has 1 aliphatic heterocycles. The number of carbonyl (C=O) groups is 1. The number of nitrogens with zero attached hydrogens (tertiary/aromatic N) is 2. The van der Waals surface area contributed by atoms with Crippen LogP contribution in [0.15, 0.2) is 54.0 Å². The minimum Gasteiger partial charge on any atom is -0.381 e. The molecule has 1 saturated heterocycles. The maximum atomic E-state index is 12.9. The summed E-state index contributed by atoms with van der Waals surface area (Å²) < 4.78 is 7.37. The predicted molar refractivity (Wildman–Crippen MR) is 107 cm³/mol. The molecule has 2 aromatic heterocycles. The summed E-state index contributed by atoms with van der Waals surface area (Å²) >= 11 is 1.76. The average Bonchev–Trinajstić information content (AvgIpc) is 3.38. The van der Waals surface area contributed by atoms with Gasteiger partial charge in [0, 0.05) is 30.1 Å². The first-order valence-electron chi connectivity index (χ1n) is 9.20. The Kier molecular flexibility index (Phi) is 5.09. The Labute approximate surface area is 163 Å². The maximum absolute atomic E-state index is 12.9. The summed E-state index contributed by atoms with van der Waals surface area (Å²) in [7, 11) is 0. The fourth-order valence-electron chi connectivity index (χ4n) is 3.66. The second-order valence-corrected chi connectivity index (χ2v) is 7.89. The van der Waals surface area contributed by atoms with Gasteiger partial charge in [-0.25, -0.2) is 4.68 Å². The van der Waals surface area contributed by atoms with Gasteiger partial charge in [0.15, 0.2) is 0 Å². The topological polar surface area (TPSA) is 56.1 Å². The Morgan fingerprint density at radius 3 is 2.70 bits per heavy atom. The van der Waals surface area contributed by atoms with Crippen LogP contribution >= 0.6 is 11.3 Å². The van der Waals surface area contributed by atoms with Crippen molar-refractivity contribution in [2.24, 2.45) is 0 Å². The van der Waals surface area contributed by atoms with E-state index >= 15 is 0 Å². The molecule has 1 fully saturated rings. The number of para-hydroxylation sites is 1. The van der Waals surface area contributed by atoms with Crippen molar-refractivity contribution < 1.29 is 9.53 Å². The summed E-state index contributed by atoms with van der Waals surface area (Å²) in [5, 5.41) is 9.67. The van der Waals surface area contributed by atoms with Crippen molar-refractivity contribution in [3.63, 3.8) is 0 Å². The first kappa shape index (κ1) is 17.9. The molecule has 0 saturated carbocycles. The summed E-state index contributed by atoms with van der Waals surface area (Å²) in [5.41, 5.74) is 2.38. The standard InChI is InChI=1S/C21H23N3O2S/c1-16-18(14-23-24(16)17-6-3-2-4-7-17)20(25)22-15-21(9-11-26-12-10-21)19-8-5-13-27-19/h2-8,13-14H,9-12,15H2,1H3,(H,22,25). The molecule has 3 aromatic rings. The van der Waals surface area contributed by atoms with Gasteiger partial charge in [-0.05, 0) is 43.3 Å². The number of benzene rings is 1. The van der Waals surface area contributed by atoms with Crippen LogP contribution in [0.25, 0.3) is 5.69 Å². The number of carbonyl (C=O) groups excluding carboxylic acids is 1. The molecule has 6 heteroatoms. The van der Waals surface area contributed by atoms with Gasteiger partial charge in [0.1, 0.15) is 0 Å². The Balaban J connectivity index is 1.52. The highest BCUT2D eigenvalue weighted by atomic mass is 32.1. The van der Waals surface area contributed by atoms with Crippen molar-refractivity contribution in [2.45, 2.75) is 25.2 Å². The van der Waals surface area contributed by atoms with Gasteiger partial charge in [-0.2, -0.15) is 5.10 Å². The van der Waals surface area contributed by atoms with E-state index in [1.807, 2.05) is 37.3 Å². The number of hydrogen-bond acceptors (Lipinski definition) is 4. The largest absolute Gasteiger partial charge is 0.381 e. The van der Waals surface area contributed by atoms with E-state index in [2.05, 4.69) is 27.9 Å². The lowest BCUT2D eigenvalue weighted by Gasteiger charge is -2.36. The van der Waals surface area contributed by atoms with Gasteiger partial charge in [-0.1, -0.05) is 24.3 Å². The van der Waals surface area contributed by atoms with Gasteiger partial charge in [-0.3, -0.25) is 4.79 Å². The van der Waals surface area contributed by atoms with E-state index < -0.39 is 0 Å². The molecule has 0 spiro atoms. The van der Waals surface area contributed by atoms with Gasteiger partial charge in [-0.15, -0.1) is 11.3 Å². The summed E-state index contributed by atoms with van der Waals surface area (Å²) in [6, 6.07) is 14.1. The molecular formula is C21H23N3O2S. The van der Waals surface area contributed by atoms with Crippen molar-refractivity contribution in [1.82, 2.24) is 15.1 Å². The third-order valence-electron chi connectivity index (χ3n) is 5.34. The van der Waals surface area contributed by atoms with Gasteiger partial charge in [0.05, 0.1) is 23.1 Å². The fourth-order valence-corrected chi connectivity index (χ4v) is 4.65. The van der Waals surface area contributed by atoms with Crippen LogP contribution in [0, 0.1) is 6.92 Å². The zero-order valence-electron chi connectivity index (χ0n) is 15.4. The average molecular weight is 382 g/mol. The number of hydrogen-bond donors (Lipinski definition) is 1. The van der Waals surface area contributed by atoms with Crippen LogP contribution < -0.4 is 5.32 Å². The molecule has 0 unspecified atom stereocenters. The van der Waals surface area contributed by atoms with Gasteiger partial charge < -0.3 is 10.1 Å². The summed E-state index contributed by atoms with van der Waals surface area (Å²) in [6.07, 6.45) is 3.51. The number of amides is 1. The van der Waals surface area contributed by atoms with Gasteiger partial charge in [0.25, 0.3) is 5.91 Å². The lowest BCUT2D eigenvalue weighted by Crippen LogP contribution is -2.44. The van der Waals surface area contributed by atoms with Gasteiger partial charge >= 0.3 is 0 Å². The molecule has 1 amide bonds. The second-order valence-electron chi connectivity index (χ2n) is 6.94. The number of rotatable bonds is 5. The zero-order chi connectivity index (χ0) is 18.7. The molecule has 4 rings (SSSR count). The third-order valence-corrected chi connectivity index (χ3v) is 6.45. The molecule has 3 heterocycles. The highest BCUT2D eigenvalue weighted by molar-refractivity contribution is 7.10. The van der Waals surface area contributed by atoms with E-state index in [0.29, 0.717) is 12.1 Å². The van der Waals surface area contributed by atoms with Crippen LogP contribution in [0.2, 0.25) is 0 Å². The van der Waals surface area contributed by atoms with Crippen LogP contribution in [-0.4, -0.2) is 35.4 Å². The smallest absolute Gasteiger partial charge is 0.254 e. The number of thiophene rings is 1. The normalized spacial score (nSPS) is 16.2. The molecule has 140 valence electrons. The lowest BCUT2D eigenvalue weighted by molar-refractivity contribution is 0.0499. The van der Waals surface area contributed by atoms with E-state index in [-0.39, 0.29) is 11.3 Å². The lowest BCUT2D eigenvalue weighted by atomic mass is 9.78. The van der Waals surface area contributed by atoms with Crippen LogP contribution in [0.3, 0.4) is 0 Å². The number of nitrogens with one attached hydrogen (secondary N) is 1. The monoisotopic (exact) mass is 381 g/mol. The second kappa shape index (κ2) is 7.66. The first-order valence-corrected chi connectivity index (χ1v) is 10.1. The van der Waals surface area contributed by atoms with Crippen molar-refractivity contribution in [2.75, 3.05) is 19.8 Å². The van der Waals surface area contributed by atoms with Crippen LogP contribution in [-0.2, 0) is 10.2 Å². The third kappa shape index (κ3) is 3.55. The highest BCUT2D eigenvalue weighted by Gasteiger charge is 2.36. The van der Waals surface area contributed by atoms with E-state index in [0.717, 1.165) is 37.4 Å².